The highest BCUT2D eigenvalue weighted by Crippen LogP contribution is 2.32. The third-order valence-electron chi connectivity index (χ3n) is 3.58. The van der Waals surface area contributed by atoms with Gasteiger partial charge in [-0.1, -0.05) is 0 Å². The van der Waals surface area contributed by atoms with Gasteiger partial charge in [0.05, 0.1) is 23.3 Å². The Bertz CT molecular complexity index is 951. The van der Waals surface area contributed by atoms with Crippen molar-refractivity contribution < 1.29 is 13.5 Å². The lowest BCUT2D eigenvalue weighted by molar-refractivity contribution is -0.0497. The Morgan fingerprint density at radius 3 is 2.84 bits per heavy atom. The highest BCUT2D eigenvalue weighted by atomic mass is 32.1. The third-order valence-corrected chi connectivity index (χ3v) is 4.53. The van der Waals surface area contributed by atoms with Gasteiger partial charge in [-0.05, 0) is 25.1 Å². The maximum atomic E-state index is 12.5. The van der Waals surface area contributed by atoms with E-state index in [0.717, 1.165) is 10.7 Å². The molecule has 0 unspecified atom stereocenters. The molecule has 0 atom stereocenters. The van der Waals surface area contributed by atoms with Crippen molar-refractivity contribution in [1.29, 1.82) is 5.26 Å². The fourth-order valence-electron chi connectivity index (χ4n) is 2.58. The molecule has 3 aromatic rings. The van der Waals surface area contributed by atoms with E-state index in [4.69, 9.17) is 0 Å². The van der Waals surface area contributed by atoms with Gasteiger partial charge in [-0.15, -0.1) is 11.3 Å². The second kappa shape index (κ2) is 6.99. The van der Waals surface area contributed by atoms with E-state index < -0.39 is 6.61 Å². The summed E-state index contributed by atoms with van der Waals surface area (Å²) in [6.45, 7) is -0.507. The Labute approximate surface area is 147 Å². The molecule has 0 amide bonds. The topological polar surface area (TPSA) is 62.0 Å². The first-order valence-corrected chi connectivity index (χ1v) is 8.25. The summed E-state index contributed by atoms with van der Waals surface area (Å²) in [5, 5.41) is 12.9. The minimum absolute atomic E-state index is 0.0270. The number of halogens is 2. The summed E-state index contributed by atoms with van der Waals surface area (Å²) in [6, 6.07) is 6.62. The number of hydrogen-bond acceptors (Lipinski definition) is 6. The SMILES string of the molecule is Cc1csc(CN(C)c2c(C#N)cnc3ccc(OC(F)F)cc23)n1. The van der Waals surface area contributed by atoms with E-state index in [1.54, 1.807) is 6.07 Å². The monoisotopic (exact) mass is 360 g/mol. The zero-order valence-electron chi connectivity index (χ0n) is 13.5. The van der Waals surface area contributed by atoms with Crippen LogP contribution in [0.25, 0.3) is 10.9 Å². The molecule has 0 saturated heterocycles. The molecule has 1 aromatic carbocycles. The van der Waals surface area contributed by atoms with Crippen LogP contribution in [0.5, 0.6) is 5.75 Å². The number of ether oxygens (including phenoxy) is 1. The van der Waals surface area contributed by atoms with Crippen molar-refractivity contribution in [3.8, 4) is 11.8 Å². The van der Waals surface area contributed by atoms with Crippen molar-refractivity contribution in [1.82, 2.24) is 9.97 Å². The molecule has 0 radical (unpaired) electrons. The number of thiazole rings is 1. The standard InChI is InChI=1S/C17H14F2N4OS/c1-10-9-25-15(22-10)8-23(2)16-11(6-20)7-21-14-4-3-12(5-13(14)16)24-17(18)19/h3-5,7,9,17H,8H2,1-2H3. The number of anilines is 1. The summed E-state index contributed by atoms with van der Waals surface area (Å²) in [4.78, 5) is 10.5. The number of hydrogen-bond donors (Lipinski definition) is 0. The van der Waals surface area contributed by atoms with E-state index in [2.05, 4.69) is 20.8 Å². The van der Waals surface area contributed by atoms with Gasteiger partial charge in [0.1, 0.15) is 16.8 Å². The number of aromatic nitrogens is 2. The molecule has 0 aliphatic heterocycles. The van der Waals surface area contributed by atoms with Gasteiger partial charge in [0.2, 0.25) is 0 Å². The number of benzene rings is 1. The molecule has 25 heavy (non-hydrogen) atoms. The normalized spacial score (nSPS) is 10.9. The molecular formula is C17H14F2N4OS. The first kappa shape index (κ1) is 17.0. The fraction of sp³-hybridized carbons (Fsp3) is 0.235. The summed E-state index contributed by atoms with van der Waals surface area (Å²) in [7, 11) is 1.83. The third kappa shape index (κ3) is 3.67. The van der Waals surface area contributed by atoms with Crippen molar-refractivity contribution in [2.24, 2.45) is 0 Å². The Morgan fingerprint density at radius 1 is 1.40 bits per heavy atom. The van der Waals surface area contributed by atoms with Crippen molar-refractivity contribution in [3.63, 3.8) is 0 Å². The molecule has 0 N–H and O–H groups in total. The molecule has 128 valence electrons. The summed E-state index contributed by atoms with van der Waals surface area (Å²) in [6.07, 6.45) is 1.48. The maximum absolute atomic E-state index is 12.5. The van der Waals surface area contributed by atoms with E-state index >= 15 is 0 Å². The van der Waals surface area contributed by atoms with Crippen LogP contribution in [0.2, 0.25) is 0 Å². The van der Waals surface area contributed by atoms with Gasteiger partial charge in [-0.2, -0.15) is 14.0 Å². The van der Waals surface area contributed by atoms with Crippen molar-refractivity contribution in [2.75, 3.05) is 11.9 Å². The number of nitriles is 1. The van der Waals surface area contributed by atoms with Crippen molar-refractivity contribution >= 4 is 27.9 Å². The van der Waals surface area contributed by atoms with E-state index in [9.17, 15) is 14.0 Å². The molecule has 2 aromatic heterocycles. The van der Waals surface area contributed by atoms with Crippen LogP contribution in [0, 0.1) is 18.3 Å². The van der Waals surface area contributed by atoms with Crippen LogP contribution in [0.3, 0.4) is 0 Å². The van der Waals surface area contributed by atoms with Crippen LogP contribution < -0.4 is 9.64 Å². The maximum Gasteiger partial charge on any atom is 0.387 e. The molecule has 3 rings (SSSR count). The van der Waals surface area contributed by atoms with Crippen LogP contribution in [-0.4, -0.2) is 23.6 Å². The zero-order chi connectivity index (χ0) is 18.0. The fourth-order valence-corrected chi connectivity index (χ4v) is 3.41. The van der Waals surface area contributed by atoms with Crippen LogP contribution in [0.1, 0.15) is 16.3 Å². The first-order valence-electron chi connectivity index (χ1n) is 7.37. The summed E-state index contributed by atoms with van der Waals surface area (Å²) in [5.74, 6) is 0.0270. The minimum Gasteiger partial charge on any atom is -0.435 e. The van der Waals surface area contributed by atoms with Gasteiger partial charge in [0.25, 0.3) is 0 Å². The average Bonchev–Trinajstić information content (AvgIpc) is 2.97. The van der Waals surface area contributed by atoms with E-state index in [0.29, 0.717) is 28.7 Å². The summed E-state index contributed by atoms with van der Waals surface area (Å²) < 4.78 is 29.5. The molecule has 2 heterocycles. The lowest BCUT2D eigenvalue weighted by Gasteiger charge is -2.21. The highest BCUT2D eigenvalue weighted by Gasteiger charge is 2.16. The Morgan fingerprint density at radius 2 is 2.20 bits per heavy atom. The summed E-state index contributed by atoms with van der Waals surface area (Å²) >= 11 is 1.53. The van der Waals surface area contributed by atoms with Gasteiger partial charge in [0.15, 0.2) is 0 Å². The number of nitrogens with zero attached hydrogens (tertiary/aromatic N) is 4. The van der Waals surface area contributed by atoms with Gasteiger partial charge >= 0.3 is 6.61 Å². The first-order chi connectivity index (χ1) is 12.0. The molecule has 0 spiro atoms. The van der Waals surface area contributed by atoms with Gasteiger partial charge in [-0.25, -0.2) is 4.98 Å². The quantitative estimate of drug-likeness (QED) is 0.685. The number of alkyl halides is 2. The number of pyridine rings is 1. The van der Waals surface area contributed by atoms with Crippen LogP contribution in [-0.2, 0) is 6.54 Å². The molecule has 8 heteroatoms. The average molecular weight is 360 g/mol. The highest BCUT2D eigenvalue weighted by molar-refractivity contribution is 7.09. The predicted octanol–water partition coefficient (Wildman–Crippen LogP) is 4.11. The molecular weight excluding hydrogens is 346 g/mol. The lowest BCUT2D eigenvalue weighted by atomic mass is 10.1. The zero-order valence-corrected chi connectivity index (χ0v) is 14.3. The number of aryl methyl sites for hydroxylation is 1. The molecule has 0 fully saturated rings. The largest absolute Gasteiger partial charge is 0.435 e. The Kier molecular flexibility index (Phi) is 4.76. The molecule has 0 saturated carbocycles. The molecule has 0 aliphatic carbocycles. The van der Waals surface area contributed by atoms with Crippen LogP contribution in [0.4, 0.5) is 14.5 Å². The van der Waals surface area contributed by atoms with E-state index in [1.165, 1.54) is 29.7 Å². The van der Waals surface area contributed by atoms with Gasteiger partial charge < -0.3 is 9.64 Å². The lowest BCUT2D eigenvalue weighted by Crippen LogP contribution is -2.18. The van der Waals surface area contributed by atoms with Crippen molar-refractivity contribution in [3.05, 3.63) is 46.0 Å². The van der Waals surface area contributed by atoms with E-state index in [1.807, 2.05) is 24.3 Å². The smallest absolute Gasteiger partial charge is 0.387 e. The Hall–Kier alpha value is -2.79. The molecule has 0 aliphatic rings. The van der Waals surface area contributed by atoms with Crippen LogP contribution >= 0.6 is 11.3 Å². The van der Waals surface area contributed by atoms with Crippen molar-refractivity contribution in [2.45, 2.75) is 20.1 Å². The Balaban J connectivity index is 2.08. The summed E-state index contributed by atoms with van der Waals surface area (Å²) in [5.41, 5.74) is 2.50. The second-order valence-corrected chi connectivity index (χ2v) is 6.37. The van der Waals surface area contributed by atoms with Gasteiger partial charge in [-0.3, -0.25) is 4.98 Å². The van der Waals surface area contributed by atoms with Crippen LogP contribution in [0.15, 0.2) is 29.8 Å². The van der Waals surface area contributed by atoms with E-state index in [-0.39, 0.29) is 5.75 Å². The molecule has 0 bridgehead atoms. The number of fused-ring (bicyclic) bond motifs is 1. The minimum atomic E-state index is -2.91. The van der Waals surface area contributed by atoms with Gasteiger partial charge in [0, 0.05) is 29.7 Å². The molecule has 5 nitrogen and oxygen atoms in total. The predicted molar refractivity (Wildman–Crippen MR) is 92.0 cm³/mol. The number of rotatable bonds is 5. The second-order valence-electron chi connectivity index (χ2n) is 5.43.